The highest BCUT2D eigenvalue weighted by atomic mass is 32.2. The molecule has 0 bridgehead atoms. The van der Waals surface area contributed by atoms with Crippen LogP contribution in [0.25, 0.3) is 0 Å². The molecule has 1 aromatic rings. The highest BCUT2D eigenvalue weighted by Crippen LogP contribution is 2.00. The quantitative estimate of drug-likeness (QED) is 0.714. The Balaban J connectivity index is 2.65. The molecule has 16 heavy (non-hydrogen) atoms. The fourth-order valence-electron chi connectivity index (χ4n) is 0.855. The Morgan fingerprint density at radius 2 is 2.31 bits per heavy atom. The van der Waals surface area contributed by atoms with Crippen LogP contribution in [-0.2, 0) is 21.4 Å². The Labute approximate surface area is 92.6 Å². The minimum Gasteiger partial charge on any atom is -0.480 e. The van der Waals surface area contributed by atoms with Gasteiger partial charge in [0, 0.05) is 6.20 Å². The summed E-state index contributed by atoms with van der Waals surface area (Å²) in [4.78, 5) is 18.0. The first-order valence-corrected chi connectivity index (χ1v) is 5.94. The second kappa shape index (κ2) is 4.99. The lowest BCUT2D eigenvalue weighted by Crippen LogP contribution is -2.37. The monoisotopic (exact) mass is 245 g/mol. The van der Waals surface area contributed by atoms with Gasteiger partial charge in [-0.3, -0.25) is 4.79 Å². The molecule has 7 nitrogen and oxygen atoms in total. The maximum absolute atomic E-state index is 11.4. The molecule has 0 aliphatic heterocycles. The number of hydrogen-bond acceptors (Lipinski definition) is 5. The number of nitrogens with zero attached hydrogens (tertiary/aromatic N) is 2. The summed E-state index contributed by atoms with van der Waals surface area (Å²) in [6, 6.07) is 1.54. The van der Waals surface area contributed by atoms with Gasteiger partial charge in [0.2, 0.25) is 10.0 Å². The van der Waals surface area contributed by atoms with Gasteiger partial charge in [-0.2, -0.15) is 0 Å². The third-order valence-corrected chi connectivity index (χ3v) is 3.59. The minimum absolute atomic E-state index is 0.0531. The summed E-state index contributed by atoms with van der Waals surface area (Å²) in [5.41, 5.74) is 0.469. The molecular formula is C8H11N3O4S. The van der Waals surface area contributed by atoms with E-state index in [4.69, 9.17) is 5.11 Å². The molecular weight excluding hydrogens is 234 g/mol. The molecule has 2 N–H and O–H groups in total. The molecule has 0 saturated carbocycles. The van der Waals surface area contributed by atoms with Crippen molar-refractivity contribution in [3.63, 3.8) is 0 Å². The number of carboxylic acids is 1. The molecule has 0 fully saturated rings. The molecule has 0 aliphatic carbocycles. The van der Waals surface area contributed by atoms with Crippen molar-refractivity contribution in [3.8, 4) is 0 Å². The first kappa shape index (κ1) is 12.5. The zero-order chi connectivity index (χ0) is 12.2. The fraction of sp³-hybridized carbons (Fsp3) is 0.375. The second-order valence-electron chi connectivity index (χ2n) is 3.05. The standard InChI is InChI=1S/C8H11N3O4S/c1-6(8(12)13)16(14,15)11-4-7-2-3-9-5-10-7/h2-3,5-6,11H,4H2,1H3,(H,12,13). The molecule has 1 atom stereocenters. The van der Waals surface area contributed by atoms with Crippen LogP contribution in [0.5, 0.6) is 0 Å². The van der Waals surface area contributed by atoms with Crippen LogP contribution in [0.3, 0.4) is 0 Å². The van der Waals surface area contributed by atoms with Gasteiger partial charge in [0.1, 0.15) is 6.33 Å². The van der Waals surface area contributed by atoms with Crippen LogP contribution in [0, 0.1) is 0 Å². The van der Waals surface area contributed by atoms with Gasteiger partial charge < -0.3 is 5.11 Å². The van der Waals surface area contributed by atoms with Crippen LogP contribution < -0.4 is 4.72 Å². The van der Waals surface area contributed by atoms with Crippen molar-refractivity contribution in [2.75, 3.05) is 0 Å². The van der Waals surface area contributed by atoms with Crippen molar-refractivity contribution < 1.29 is 18.3 Å². The van der Waals surface area contributed by atoms with E-state index in [1.165, 1.54) is 18.6 Å². The molecule has 1 rings (SSSR count). The molecule has 0 aromatic carbocycles. The lowest BCUT2D eigenvalue weighted by Gasteiger charge is -2.09. The number of carbonyl (C=O) groups is 1. The van der Waals surface area contributed by atoms with Crippen LogP contribution >= 0.6 is 0 Å². The van der Waals surface area contributed by atoms with Crippen LogP contribution in [-0.4, -0.2) is 34.7 Å². The zero-order valence-corrected chi connectivity index (χ0v) is 9.31. The normalized spacial score (nSPS) is 13.3. The van der Waals surface area contributed by atoms with Crippen molar-refractivity contribution in [3.05, 3.63) is 24.3 Å². The summed E-state index contributed by atoms with van der Waals surface area (Å²) in [7, 11) is -3.87. The van der Waals surface area contributed by atoms with Gasteiger partial charge >= 0.3 is 5.97 Å². The number of rotatable bonds is 5. The topological polar surface area (TPSA) is 109 Å². The predicted molar refractivity (Wildman–Crippen MR) is 54.9 cm³/mol. The lowest BCUT2D eigenvalue weighted by molar-refractivity contribution is -0.136. The number of aromatic nitrogens is 2. The average molecular weight is 245 g/mol. The molecule has 88 valence electrons. The van der Waals surface area contributed by atoms with Gasteiger partial charge in [0.15, 0.2) is 5.25 Å². The summed E-state index contributed by atoms with van der Waals surface area (Å²) in [6.07, 6.45) is 2.75. The molecule has 0 radical (unpaired) electrons. The van der Waals surface area contributed by atoms with E-state index in [0.717, 1.165) is 6.92 Å². The van der Waals surface area contributed by atoms with Crippen LogP contribution in [0.2, 0.25) is 0 Å². The zero-order valence-electron chi connectivity index (χ0n) is 8.49. The first-order chi connectivity index (χ1) is 7.43. The summed E-state index contributed by atoms with van der Waals surface area (Å²) < 4.78 is 25.0. The van der Waals surface area contributed by atoms with Gasteiger partial charge in [0.05, 0.1) is 12.2 Å². The van der Waals surface area contributed by atoms with Crippen molar-refractivity contribution in [1.29, 1.82) is 0 Å². The second-order valence-corrected chi connectivity index (χ2v) is 5.13. The van der Waals surface area contributed by atoms with E-state index in [0.29, 0.717) is 5.69 Å². The minimum atomic E-state index is -3.87. The number of hydrogen-bond donors (Lipinski definition) is 2. The van der Waals surface area contributed by atoms with E-state index in [-0.39, 0.29) is 6.54 Å². The van der Waals surface area contributed by atoms with Crippen LogP contribution in [0.15, 0.2) is 18.6 Å². The number of sulfonamides is 1. The maximum atomic E-state index is 11.4. The lowest BCUT2D eigenvalue weighted by atomic mass is 10.4. The smallest absolute Gasteiger partial charge is 0.323 e. The van der Waals surface area contributed by atoms with Gasteiger partial charge in [-0.15, -0.1) is 0 Å². The number of nitrogens with one attached hydrogen (secondary N) is 1. The Morgan fingerprint density at radius 3 is 2.81 bits per heavy atom. The Bertz CT molecular complexity index is 459. The van der Waals surface area contributed by atoms with E-state index < -0.39 is 21.2 Å². The molecule has 1 heterocycles. The average Bonchev–Trinajstić information content (AvgIpc) is 2.27. The fourth-order valence-corrected chi connectivity index (χ4v) is 1.72. The van der Waals surface area contributed by atoms with E-state index in [2.05, 4.69) is 14.7 Å². The SMILES string of the molecule is CC(C(=O)O)S(=O)(=O)NCc1ccncn1. The number of aliphatic carboxylic acids is 1. The van der Waals surface area contributed by atoms with Crippen molar-refractivity contribution in [2.24, 2.45) is 0 Å². The Kier molecular flexibility index (Phi) is 3.91. The van der Waals surface area contributed by atoms with Crippen LogP contribution in [0.4, 0.5) is 0 Å². The van der Waals surface area contributed by atoms with Crippen LogP contribution in [0.1, 0.15) is 12.6 Å². The summed E-state index contributed by atoms with van der Waals surface area (Å²) in [5, 5.41) is 7.08. The summed E-state index contributed by atoms with van der Waals surface area (Å²) >= 11 is 0. The highest BCUT2D eigenvalue weighted by molar-refractivity contribution is 7.90. The molecule has 1 unspecified atom stereocenters. The molecule has 0 spiro atoms. The molecule has 0 amide bonds. The van der Waals surface area contributed by atoms with E-state index in [1.54, 1.807) is 0 Å². The van der Waals surface area contributed by atoms with E-state index in [1.807, 2.05) is 0 Å². The van der Waals surface area contributed by atoms with Gasteiger partial charge in [-0.05, 0) is 13.0 Å². The van der Waals surface area contributed by atoms with E-state index >= 15 is 0 Å². The summed E-state index contributed by atoms with van der Waals surface area (Å²) in [6.45, 7) is 1.05. The third kappa shape index (κ3) is 3.24. The third-order valence-electron chi connectivity index (χ3n) is 1.91. The summed E-state index contributed by atoms with van der Waals surface area (Å²) in [5.74, 6) is -1.39. The maximum Gasteiger partial charge on any atom is 0.323 e. The van der Waals surface area contributed by atoms with Crippen molar-refractivity contribution >= 4 is 16.0 Å². The van der Waals surface area contributed by atoms with Gasteiger partial charge in [-0.25, -0.2) is 23.1 Å². The van der Waals surface area contributed by atoms with Gasteiger partial charge in [-0.1, -0.05) is 0 Å². The molecule has 8 heteroatoms. The predicted octanol–water partition coefficient (Wildman–Crippen LogP) is -0.631. The molecule has 1 aromatic heterocycles. The van der Waals surface area contributed by atoms with E-state index in [9.17, 15) is 13.2 Å². The first-order valence-electron chi connectivity index (χ1n) is 4.39. The Hall–Kier alpha value is -1.54. The Morgan fingerprint density at radius 1 is 1.62 bits per heavy atom. The van der Waals surface area contributed by atoms with Crippen molar-refractivity contribution in [1.82, 2.24) is 14.7 Å². The van der Waals surface area contributed by atoms with Crippen molar-refractivity contribution in [2.45, 2.75) is 18.7 Å². The largest absolute Gasteiger partial charge is 0.480 e. The molecule has 0 aliphatic rings. The molecule has 0 saturated heterocycles. The number of carboxylic acid groups (broad SMARTS) is 1. The highest BCUT2D eigenvalue weighted by Gasteiger charge is 2.26. The van der Waals surface area contributed by atoms with Gasteiger partial charge in [0.25, 0.3) is 0 Å².